The minimum atomic E-state index is -0.129. The highest BCUT2D eigenvalue weighted by Crippen LogP contribution is 2.35. The van der Waals surface area contributed by atoms with Gasteiger partial charge in [0.25, 0.3) is 11.8 Å². The van der Waals surface area contributed by atoms with E-state index in [4.69, 9.17) is 16.0 Å². The number of rotatable bonds is 3. The van der Waals surface area contributed by atoms with Crippen LogP contribution in [0.5, 0.6) is 0 Å². The number of piperidine rings is 1. The second-order valence-electron chi connectivity index (χ2n) is 7.50. The van der Waals surface area contributed by atoms with Crippen molar-refractivity contribution in [2.24, 2.45) is 7.05 Å². The Kier molecular flexibility index (Phi) is 4.20. The van der Waals surface area contributed by atoms with Crippen LogP contribution in [0.3, 0.4) is 0 Å². The van der Waals surface area contributed by atoms with Crippen molar-refractivity contribution in [2.75, 3.05) is 13.1 Å². The number of nitrogens with zero attached hydrogens (tertiary/aromatic N) is 4. The number of carbonyl (C=O) groups excluding carboxylic acids is 2. The van der Waals surface area contributed by atoms with Crippen molar-refractivity contribution >= 4 is 23.4 Å². The van der Waals surface area contributed by atoms with Gasteiger partial charge in [-0.25, -0.2) is 4.98 Å². The molecule has 8 heteroatoms. The highest BCUT2D eigenvalue weighted by molar-refractivity contribution is 6.30. The average molecular weight is 411 g/mol. The van der Waals surface area contributed by atoms with Gasteiger partial charge in [0.1, 0.15) is 5.76 Å². The molecule has 3 aliphatic heterocycles. The Bertz CT molecular complexity index is 1080. The van der Waals surface area contributed by atoms with Crippen molar-refractivity contribution in [3.63, 3.8) is 0 Å². The topological polar surface area (TPSA) is 71.6 Å². The van der Waals surface area contributed by atoms with E-state index in [0.717, 1.165) is 12.0 Å². The monoisotopic (exact) mass is 410 g/mol. The molecule has 2 amide bonds. The number of aryl methyl sites for hydroxylation is 1. The van der Waals surface area contributed by atoms with Crippen molar-refractivity contribution in [3.8, 4) is 11.3 Å². The molecule has 3 aliphatic rings. The van der Waals surface area contributed by atoms with Crippen LogP contribution in [0.25, 0.3) is 11.3 Å². The van der Waals surface area contributed by atoms with Gasteiger partial charge in [-0.05, 0) is 42.8 Å². The highest BCUT2D eigenvalue weighted by Gasteiger charge is 2.49. The van der Waals surface area contributed by atoms with Crippen LogP contribution in [-0.4, -0.2) is 56.3 Å². The van der Waals surface area contributed by atoms with Crippen molar-refractivity contribution < 1.29 is 14.0 Å². The molecule has 148 valence electrons. The summed E-state index contributed by atoms with van der Waals surface area (Å²) in [5, 5.41) is 0.648. The summed E-state index contributed by atoms with van der Waals surface area (Å²) in [6, 6.07) is 10.8. The molecule has 29 heavy (non-hydrogen) atoms. The van der Waals surface area contributed by atoms with Crippen LogP contribution in [-0.2, 0) is 7.05 Å². The first kappa shape index (κ1) is 18.0. The second kappa shape index (κ2) is 6.77. The van der Waals surface area contributed by atoms with Gasteiger partial charge in [0.15, 0.2) is 11.6 Å². The van der Waals surface area contributed by atoms with E-state index in [1.165, 1.54) is 0 Å². The summed E-state index contributed by atoms with van der Waals surface area (Å²) in [4.78, 5) is 33.4. The Morgan fingerprint density at radius 2 is 1.79 bits per heavy atom. The SMILES string of the molecule is Cn1ccnc1C(=O)N1CC2CC(C1)N2C(=O)c1ccc(-c2ccc(Cl)cc2)o1. The molecule has 2 atom stereocenters. The van der Waals surface area contributed by atoms with Crippen LogP contribution in [0.4, 0.5) is 0 Å². The van der Waals surface area contributed by atoms with Gasteiger partial charge >= 0.3 is 0 Å². The van der Waals surface area contributed by atoms with Crippen LogP contribution in [0.15, 0.2) is 53.2 Å². The highest BCUT2D eigenvalue weighted by atomic mass is 35.5. The maximum atomic E-state index is 13.0. The van der Waals surface area contributed by atoms with E-state index in [9.17, 15) is 9.59 Å². The maximum Gasteiger partial charge on any atom is 0.290 e. The third-order valence-electron chi connectivity index (χ3n) is 5.67. The van der Waals surface area contributed by atoms with Gasteiger partial charge < -0.3 is 18.8 Å². The molecular formula is C21H19ClN4O3. The Balaban J connectivity index is 1.29. The van der Waals surface area contributed by atoms with Crippen LogP contribution in [0.2, 0.25) is 5.02 Å². The summed E-state index contributed by atoms with van der Waals surface area (Å²) in [6.07, 6.45) is 4.27. The maximum absolute atomic E-state index is 13.0. The van der Waals surface area contributed by atoms with Crippen LogP contribution in [0.1, 0.15) is 27.6 Å². The molecule has 0 saturated carbocycles. The average Bonchev–Trinajstić information content (AvgIpc) is 3.37. The predicted octanol–water partition coefficient (Wildman–Crippen LogP) is 3.07. The Hall–Kier alpha value is -3.06. The third-order valence-corrected chi connectivity index (χ3v) is 5.92. The number of amides is 2. The van der Waals surface area contributed by atoms with Crippen molar-refractivity contribution in [3.05, 3.63) is 65.4 Å². The number of piperazine rings is 1. The van der Waals surface area contributed by atoms with Crippen LogP contribution >= 0.6 is 11.6 Å². The Morgan fingerprint density at radius 1 is 1.07 bits per heavy atom. The molecule has 0 aliphatic carbocycles. The van der Waals surface area contributed by atoms with E-state index in [0.29, 0.717) is 35.5 Å². The van der Waals surface area contributed by atoms with Crippen LogP contribution in [0, 0.1) is 0 Å². The number of halogens is 1. The normalized spacial score (nSPS) is 20.5. The van der Waals surface area contributed by atoms with E-state index in [-0.39, 0.29) is 23.9 Å². The lowest BCUT2D eigenvalue weighted by molar-refractivity contribution is -0.0416. The first-order valence-electron chi connectivity index (χ1n) is 9.46. The molecule has 2 unspecified atom stereocenters. The van der Waals surface area contributed by atoms with Crippen molar-refractivity contribution in [1.82, 2.24) is 19.4 Å². The quantitative estimate of drug-likeness (QED) is 0.665. The van der Waals surface area contributed by atoms with E-state index < -0.39 is 0 Å². The van der Waals surface area contributed by atoms with Gasteiger partial charge in [-0.3, -0.25) is 9.59 Å². The smallest absolute Gasteiger partial charge is 0.290 e. The molecule has 2 aromatic heterocycles. The fourth-order valence-corrected chi connectivity index (χ4v) is 4.30. The third kappa shape index (κ3) is 3.02. The molecule has 7 nitrogen and oxygen atoms in total. The molecule has 0 radical (unpaired) electrons. The molecule has 5 heterocycles. The minimum Gasteiger partial charge on any atom is -0.451 e. The first-order valence-corrected chi connectivity index (χ1v) is 9.84. The summed E-state index contributed by atoms with van der Waals surface area (Å²) >= 11 is 5.93. The number of hydrogen-bond acceptors (Lipinski definition) is 4. The molecule has 3 saturated heterocycles. The number of imidazole rings is 1. The Labute approximate surface area is 172 Å². The van der Waals surface area contributed by atoms with E-state index in [1.54, 1.807) is 53.2 Å². The molecule has 3 fully saturated rings. The molecule has 1 aromatic carbocycles. The number of hydrogen-bond donors (Lipinski definition) is 0. The molecular weight excluding hydrogens is 392 g/mol. The predicted molar refractivity (Wildman–Crippen MR) is 107 cm³/mol. The van der Waals surface area contributed by atoms with Crippen molar-refractivity contribution in [1.29, 1.82) is 0 Å². The van der Waals surface area contributed by atoms with Gasteiger partial charge in [-0.2, -0.15) is 0 Å². The fraction of sp³-hybridized carbons (Fsp3) is 0.286. The molecule has 3 aromatic rings. The molecule has 6 rings (SSSR count). The van der Waals surface area contributed by atoms with E-state index in [2.05, 4.69) is 4.98 Å². The van der Waals surface area contributed by atoms with Gasteiger partial charge in [0, 0.05) is 43.1 Å². The lowest BCUT2D eigenvalue weighted by Gasteiger charge is -2.55. The van der Waals surface area contributed by atoms with Gasteiger partial charge in [-0.15, -0.1) is 0 Å². The van der Waals surface area contributed by atoms with Crippen molar-refractivity contribution in [2.45, 2.75) is 18.5 Å². The largest absolute Gasteiger partial charge is 0.451 e. The van der Waals surface area contributed by atoms with Gasteiger partial charge in [-0.1, -0.05) is 11.6 Å². The molecule has 2 bridgehead atoms. The van der Waals surface area contributed by atoms with Gasteiger partial charge in [0.2, 0.25) is 0 Å². The van der Waals surface area contributed by atoms with E-state index in [1.807, 2.05) is 17.0 Å². The van der Waals surface area contributed by atoms with E-state index >= 15 is 0 Å². The first-order chi connectivity index (χ1) is 14.0. The number of carbonyl (C=O) groups is 2. The molecule has 0 spiro atoms. The Morgan fingerprint density at radius 3 is 2.45 bits per heavy atom. The zero-order valence-electron chi connectivity index (χ0n) is 15.8. The molecule has 0 N–H and O–H groups in total. The number of aromatic nitrogens is 2. The number of furan rings is 1. The summed E-state index contributed by atoms with van der Waals surface area (Å²) in [7, 11) is 1.80. The van der Waals surface area contributed by atoms with Gasteiger partial charge in [0.05, 0.1) is 12.1 Å². The zero-order chi connectivity index (χ0) is 20.1. The summed E-state index contributed by atoms with van der Waals surface area (Å²) < 4.78 is 7.53. The zero-order valence-corrected chi connectivity index (χ0v) is 16.5. The van der Waals surface area contributed by atoms with Crippen LogP contribution < -0.4 is 0 Å². The lowest BCUT2D eigenvalue weighted by atomic mass is 9.87. The fourth-order valence-electron chi connectivity index (χ4n) is 4.17. The summed E-state index contributed by atoms with van der Waals surface area (Å²) in [5.74, 6) is 1.14. The minimum absolute atomic E-state index is 0.00884. The number of fused-ring (bicyclic) bond motifs is 2. The summed E-state index contributed by atoms with van der Waals surface area (Å²) in [6.45, 7) is 1.03. The summed E-state index contributed by atoms with van der Waals surface area (Å²) in [5.41, 5.74) is 0.865. The number of benzene rings is 1. The second-order valence-corrected chi connectivity index (χ2v) is 7.93. The standard InChI is InChI=1S/C21H19ClN4O3/c1-24-9-8-23-19(24)21(28)25-11-15-10-16(12-25)26(15)20(27)18-7-6-17(29-18)13-2-4-14(22)5-3-13/h2-9,15-16H,10-12H2,1H3. The lowest BCUT2D eigenvalue weighted by Crippen LogP contribution is -2.70.